The van der Waals surface area contributed by atoms with Crippen LogP contribution in [0.3, 0.4) is 0 Å². The Labute approximate surface area is 147 Å². The summed E-state index contributed by atoms with van der Waals surface area (Å²) in [6.45, 7) is 2.99. The molecule has 0 atom stereocenters. The SMILES string of the molecule is CCCOc1ccc(CNC(=O)/C=C/c2ccccc2F)cc1OC. The Kier molecular flexibility index (Phi) is 7.01. The minimum absolute atomic E-state index is 0.298. The molecule has 0 aromatic heterocycles. The number of methoxy groups -OCH3 is 1. The van der Waals surface area contributed by atoms with Crippen molar-refractivity contribution in [3.05, 3.63) is 65.5 Å². The van der Waals surface area contributed by atoms with E-state index in [1.54, 1.807) is 25.3 Å². The number of halogens is 1. The number of nitrogens with one attached hydrogen (secondary N) is 1. The quantitative estimate of drug-likeness (QED) is 0.738. The zero-order valence-corrected chi connectivity index (χ0v) is 14.4. The summed E-state index contributed by atoms with van der Waals surface area (Å²) in [5, 5.41) is 2.76. The Balaban J connectivity index is 1.94. The molecule has 5 heteroatoms. The molecule has 2 aromatic carbocycles. The average molecular weight is 343 g/mol. The normalized spacial score (nSPS) is 10.7. The number of benzene rings is 2. The second kappa shape index (κ2) is 9.47. The summed E-state index contributed by atoms with van der Waals surface area (Å²) in [5.41, 5.74) is 1.25. The van der Waals surface area contributed by atoms with Crippen molar-refractivity contribution in [3.63, 3.8) is 0 Å². The van der Waals surface area contributed by atoms with E-state index in [0.717, 1.165) is 12.0 Å². The minimum atomic E-state index is -0.362. The summed E-state index contributed by atoms with van der Waals surface area (Å²) in [6.07, 6.45) is 3.68. The van der Waals surface area contributed by atoms with Crippen LogP contribution in [0, 0.1) is 5.82 Å². The van der Waals surface area contributed by atoms with Gasteiger partial charge in [0.05, 0.1) is 13.7 Å². The lowest BCUT2D eigenvalue weighted by Crippen LogP contribution is -2.20. The lowest BCUT2D eigenvalue weighted by atomic mass is 10.2. The first kappa shape index (κ1) is 18.5. The van der Waals surface area contributed by atoms with Gasteiger partial charge in [-0.2, -0.15) is 0 Å². The van der Waals surface area contributed by atoms with Crippen LogP contribution in [0.1, 0.15) is 24.5 Å². The Bertz CT molecular complexity index is 743. The number of ether oxygens (including phenoxy) is 2. The molecule has 0 aliphatic rings. The molecule has 0 aliphatic heterocycles. The molecule has 0 aliphatic carbocycles. The molecule has 25 heavy (non-hydrogen) atoms. The highest BCUT2D eigenvalue weighted by atomic mass is 19.1. The summed E-state index contributed by atoms with van der Waals surface area (Å²) in [4.78, 5) is 11.9. The van der Waals surface area contributed by atoms with Crippen LogP contribution in [0.2, 0.25) is 0 Å². The predicted molar refractivity (Wildman–Crippen MR) is 96.1 cm³/mol. The van der Waals surface area contributed by atoms with Crippen LogP contribution >= 0.6 is 0 Å². The van der Waals surface area contributed by atoms with E-state index in [2.05, 4.69) is 5.32 Å². The Morgan fingerprint density at radius 1 is 1.20 bits per heavy atom. The van der Waals surface area contributed by atoms with E-state index in [9.17, 15) is 9.18 Å². The Hall–Kier alpha value is -2.82. The summed E-state index contributed by atoms with van der Waals surface area (Å²) in [5.74, 6) is 0.647. The first-order chi connectivity index (χ1) is 12.1. The third-order valence-corrected chi connectivity index (χ3v) is 3.48. The molecule has 0 fully saturated rings. The first-order valence-corrected chi connectivity index (χ1v) is 8.14. The van der Waals surface area contributed by atoms with Gasteiger partial charge in [0.25, 0.3) is 0 Å². The monoisotopic (exact) mass is 343 g/mol. The van der Waals surface area contributed by atoms with Gasteiger partial charge in [0.1, 0.15) is 5.82 Å². The van der Waals surface area contributed by atoms with Gasteiger partial charge in [-0.1, -0.05) is 31.2 Å². The second-order valence-corrected chi connectivity index (χ2v) is 5.41. The number of rotatable bonds is 8. The molecule has 2 rings (SSSR count). The maximum atomic E-state index is 13.5. The molecule has 0 radical (unpaired) electrons. The van der Waals surface area contributed by atoms with Gasteiger partial charge < -0.3 is 14.8 Å². The van der Waals surface area contributed by atoms with E-state index >= 15 is 0 Å². The van der Waals surface area contributed by atoms with Crippen LogP contribution in [0.5, 0.6) is 11.5 Å². The van der Waals surface area contributed by atoms with E-state index in [1.165, 1.54) is 18.2 Å². The molecular formula is C20H22FNO3. The fourth-order valence-electron chi connectivity index (χ4n) is 2.18. The number of carbonyl (C=O) groups excluding carboxylic acids is 1. The zero-order chi connectivity index (χ0) is 18.1. The maximum absolute atomic E-state index is 13.5. The van der Waals surface area contributed by atoms with E-state index in [1.807, 2.05) is 25.1 Å². The highest BCUT2D eigenvalue weighted by molar-refractivity contribution is 5.91. The molecule has 1 N–H and O–H groups in total. The molecular weight excluding hydrogens is 321 g/mol. The third-order valence-electron chi connectivity index (χ3n) is 3.48. The standard InChI is InChI=1S/C20H22FNO3/c1-3-12-25-18-10-8-15(13-19(18)24-2)14-22-20(23)11-9-16-6-4-5-7-17(16)21/h4-11,13H,3,12,14H2,1-2H3,(H,22,23)/b11-9+. The van der Waals surface area contributed by atoms with Crippen LogP contribution in [-0.4, -0.2) is 19.6 Å². The fraction of sp³-hybridized carbons (Fsp3) is 0.250. The predicted octanol–water partition coefficient (Wildman–Crippen LogP) is 3.95. The molecule has 0 spiro atoms. The van der Waals surface area contributed by atoms with Gasteiger partial charge in [-0.3, -0.25) is 4.79 Å². The molecule has 0 unspecified atom stereocenters. The van der Waals surface area contributed by atoms with Crippen molar-refractivity contribution in [2.24, 2.45) is 0 Å². The average Bonchev–Trinajstić information content (AvgIpc) is 2.64. The van der Waals surface area contributed by atoms with Crippen LogP contribution in [0.25, 0.3) is 6.08 Å². The van der Waals surface area contributed by atoms with Crippen LogP contribution < -0.4 is 14.8 Å². The van der Waals surface area contributed by atoms with E-state index < -0.39 is 0 Å². The van der Waals surface area contributed by atoms with Crippen molar-refractivity contribution in [2.75, 3.05) is 13.7 Å². The van der Waals surface area contributed by atoms with Gasteiger partial charge in [-0.25, -0.2) is 4.39 Å². The smallest absolute Gasteiger partial charge is 0.244 e. The number of hydrogen-bond acceptors (Lipinski definition) is 3. The van der Waals surface area contributed by atoms with Crippen molar-refractivity contribution in [3.8, 4) is 11.5 Å². The van der Waals surface area contributed by atoms with E-state index in [0.29, 0.717) is 30.2 Å². The van der Waals surface area contributed by atoms with Crippen molar-refractivity contribution < 1.29 is 18.7 Å². The number of amides is 1. The van der Waals surface area contributed by atoms with Crippen molar-refractivity contribution >= 4 is 12.0 Å². The summed E-state index contributed by atoms with van der Waals surface area (Å²) in [6, 6.07) is 11.8. The lowest BCUT2D eigenvalue weighted by molar-refractivity contribution is -0.116. The molecule has 4 nitrogen and oxygen atoms in total. The van der Waals surface area contributed by atoms with Crippen molar-refractivity contribution in [2.45, 2.75) is 19.9 Å². The second-order valence-electron chi connectivity index (χ2n) is 5.41. The van der Waals surface area contributed by atoms with Crippen LogP contribution in [0.15, 0.2) is 48.5 Å². The van der Waals surface area contributed by atoms with Gasteiger partial charge in [0.2, 0.25) is 5.91 Å². The summed E-state index contributed by atoms with van der Waals surface area (Å²) >= 11 is 0. The molecule has 0 heterocycles. The maximum Gasteiger partial charge on any atom is 0.244 e. The largest absolute Gasteiger partial charge is 0.493 e. The summed E-state index contributed by atoms with van der Waals surface area (Å²) in [7, 11) is 1.58. The molecule has 2 aromatic rings. The van der Waals surface area contributed by atoms with E-state index in [-0.39, 0.29) is 11.7 Å². The van der Waals surface area contributed by atoms with Gasteiger partial charge in [0, 0.05) is 18.2 Å². The number of carbonyl (C=O) groups is 1. The highest BCUT2D eigenvalue weighted by Crippen LogP contribution is 2.28. The zero-order valence-electron chi connectivity index (χ0n) is 14.4. The lowest BCUT2D eigenvalue weighted by Gasteiger charge is -2.11. The van der Waals surface area contributed by atoms with Crippen molar-refractivity contribution in [1.82, 2.24) is 5.32 Å². The van der Waals surface area contributed by atoms with Crippen LogP contribution in [-0.2, 0) is 11.3 Å². The molecule has 0 bridgehead atoms. The highest BCUT2D eigenvalue weighted by Gasteiger charge is 2.06. The Morgan fingerprint density at radius 2 is 2.00 bits per heavy atom. The van der Waals surface area contributed by atoms with Gasteiger partial charge >= 0.3 is 0 Å². The summed E-state index contributed by atoms with van der Waals surface area (Å²) < 4.78 is 24.4. The first-order valence-electron chi connectivity index (χ1n) is 8.14. The van der Waals surface area contributed by atoms with Gasteiger partial charge in [-0.05, 0) is 36.3 Å². The van der Waals surface area contributed by atoms with Gasteiger partial charge in [-0.15, -0.1) is 0 Å². The fourth-order valence-corrected chi connectivity index (χ4v) is 2.18. The number of hydrogen-bond donors (Lipinski definition) is 1. The van der Waals surface area contributed by atoms with Crippen LogP contribution in [0.4, 0.5) is 4.39 Å². The Morgan fingerprint density at radius 3 is 2.72 bits per heavy atom. The topological polar surface area (TPSA) is 47.6 Å². The third kappa shape index (κ3) is 5.64. The van der Waals surface area contributed by atoms with Gasteiger partial charge in [0.15, 0.2) is 11.5 Å². The molecule has 1 amide bonds. The van der Waals surface area contributed by atoms with E-state index in [4.69, 9.17) is 9.47 Å². The molecule has 0 saturated carbocycles. The molecule has 132 valence electrons. The minimum Gasteiger partial charge on any atom is -0.493 e. The van der Waals surface area contributed by atoms with Crippen molar-refractivity contribution in [1.29, 1.82) is 0 Å². The molecule has 0 saturated heterocycles.